The van der Waals surface area contributed by atoms with Crippen molar-refractivity contribution >= 4 is 5.91 Å². The maximum Gasteiger partial charge on any atom is 0.257 e. The van der Waals surface area contributed by atoms with E-state index in [1.54, 1.807) is 12.4 Å². The third kappa shape index (κ3) is 3.90. The highest BCUT2D eigenvalue weighted by Gasteiger charge is 2.29. The van der Waals surface area contributed by atoms with Crippen LogP contribution in [0.15, 0.2) is 49.3 Å². The molecular weight excluding hydrogens is 364 g/mol. The van der Waals surface area contributed by atoms with Gasteiger partial charge in [-0.25, -0.2) is 15.0 Å². The molecule has 1 saturated carbocycles. The van der Waals surface area contributed by atoms with Crippen LogP contribution in [-0.2, 0) is 6.54 Å². The molecule has 0 unspecified atom stereocenters. The number of amides is 1. The molecule has 7 nitrogen and oxygen atoms in total. The van der Waals surface area contributed by atoms with Crippen LogP contribution in [-0.4, -0.2) is 48.4 Å². The molecule has 0 aromatic carbocycles. The van der Waals surface area contributed by atoms with Crippen molar-refractivity contribution in [3.05, 3.63) is 72.1 Å². The lowest BCUT2D eigenvalue weighted by molar-refractivity contribution is 0.0702. The highest BCUT2D eigenvalue weighted by Crippen LogP contribution is 2.37. The van der Waals surface area contributed by atoms with E-state index in [9.17, 15) is 4.79 Å². The molecule has 3 aromatic heterocycles. The topological polar surface area (TPSA) is 76.8 Å². The summed E-state index contributed by atoms with van der Waals surface area (Å²) in [4.78, 5) is 32.4. The Balaban J connectivity index is 1.29. The fraction of sp³-hybridized carbons (Fsp3) is 0.409. The van der Waals surface area contributed by atoms with E-state index in [2.05, 4.69) is 24.5 Å². The van der Waals surface area contributed by atoms with Gasteiger partial charge in [-0.3, -0.25) is 9.78 Å². The second-order valence-electron chi connectivity index (χ2n) is 7.96. The van der Waals surface area contributed by atoms with Crippen molar-refractivity contribution < 1.29 is 4.79 Å². The molecule has 2 fully saturated rings. The third-order valence-corrected chi connectivity index (χ3v) is 5.78. The molecule has 0 spiro atoms. The summed E-state index contributed by atoms with van der Waals surface area (Å²) in [6, 6.07) is 4.04. The van der Waals surface area contributed by atoms with Gasteiger partial charge in [0.25, 0.3) is 5.91 Å². The Labute approximate surface area is 169 Å². The molecule has 1 amide bonds. The largest absolute Gasteiger partial charge is 0.338 e. The average molecular weight is 388 g/mol. The summed E-state index contributed by atoms with van der Waals surface area (Å²) >= 11 is 0. The monoisotopic (exact) mass is 388 g/mol. The number of pyridine rings is 1. The van der Waals surface area contributed by atoms with Crippen molar-refractivity contribution in [3.8, 4) is 0 Å². The molecule has 0 bridgehead atoms. The summed E-state index contributed by atoms with van der Waals surface area (Å²) in [5.74, 6) is 2.66. The number of aromatic nitrogens is 5. The lowest BCUT2D eigenvalue weighted by atomic mass is 9.96. The Hall–Kier alpha value is -3.09. The molecule has 1 aliphatic carbocycles. The van der Waals surface area contributed by atoms with Crippen molar-refractivity contribution in [3.63, 3.8) is 0 Å². The van der Waals surface area contributed by atoms with E-state index in [-0.39, 0.29) is 11.8 Å². The lowest BCUT2D eigenvalue weighted by Crippen LogP contribution is -2.40. The maximum atomic E-state index is 13.0. The van der Waals surface area contributed by atoms with Crippen LogP contribution >= 0.6 is 0 Å². The van der Waals surface area contributed by atoms with Gasteiger partial charge >= 0.3 is 0 Å². The number of likely N-dealkylation sites (tertiary alicyclic amines) is 1. The molecule has 148 valence electrons. The molecule has 0 radical (unpaired) electrons. The number of hydrogen-bond donors (Lipinski definition) is 0. The van der Waals surface area contributed by atoms with Crippen LogP contribution in [0.3, 0.4) is 0 Å². The normalized spacial score (nSPS) is 19.3. The molecule has 1 atom stereocenters. The number of hydrogen-bond acceptors (Lipinski definition) is 5. The van der Waals surface area contributed by atoms with Gasteiger partial charge in [-0.2, -0.15) is 0 Å². The van der Waals surface area contributed by atoms with Gasteiger partial charge in [-0.15, -0.1) is 0 Å². The van der Waals surface area contributed by atoms with Crippen LogP contribution in [0.4, 0.5) is 0 Å². The molecule has 7 heteroatoms. The fourth-order valence-electron chi connectivity index (χ4n) is 4.05. The second kappa shape index (κ2) is 7.73. The minimum absolute atomic E-state index is 0.0179. The zero-order valence-corrected chi connectivity index (χ0v) is 16.3. The SMILES string of the molecule is O=C(c1cnc(C2CC2)nc1)N1CCC[C@@H](c2nccn2Cc2ccncc2)C1. The first-order valence-electron chi connectivity index (χ1n) is 10.3. The number of rotatable bonds is 5. The number of imidazole rings is 1. The van der Waals surface area contributed by atoms with Gasteiger partial charge in [0.2, 0.25) is 0 Å². The van der Waals surface area contributed by atoms with Crippen molar-refractivity contribution in [1.82, 2.24) is 29.4 Å². The number of carbonyl (C=O) groups is 1. The Bertz CT molecular complexity index is 980. The lowest BCUT2D eigenvalue weighted by Gasteiger charge is -2.32. The molecule has 1 aliphatic heterocycles. The molecule has 1 saturated heterocycles. The summed E-state index contributed by atoms with van der Waals surface area (Å²) in [6.07, 6.45) is 15.2. The number of carbonyl (C=O) groups excluding carboxylic acids is 1. The molecule has 4 heterocycles. The van der Waals surface area contributed by atoms with Gasteiger partial charge in [-0.1, -0.05) is 0 Å². The van der Waals surface area contributed by atoms with Gasteiger partial charge < -0.3 is 9.47 Å². The standard InChI is InChI=1S/C22H24N6O/c29-22(19-12-25-20(26-13-19)17-3-4-17)28-10-1-2-18(15-28)21-24-9-11-27(21)14-16-5-7-23-8-6-16/h5-9,11-13,17-18H,1-4,10,14-15H2/t18-/m1/s1. The van der Waals surface area contributed by atoms with E-state index in [1.807, 2.05) is 41.8 Å². The average Bonchev–Trinajstić information content (AvgIpc) is 3.53. The summed E-state index contributed by atoms with van der Waals surface area (Å²) in [5, 5.41) is 0. The van der Waals surface area contributed by atoms with E-state index < -0.39 is 0 Å². The van der Waals surface area contributed by atoms with Gasteiger partial charge in [0, 0.05) is 68.7 Å². The zero-order chi connectivity index (χ0) is 19.6. The number of nitrogens with zero attached hydrogens (tertiary/aromatic N) is 6. The zero-order valence-electron chi connectivity index (χ0n) is 16.3. The smallest absolute Gasteiger partial charge is 0.257 e. The molecule has 2 aliphatic rings. The van der Waals surface area contributed by atoms with Crippen molar-refractivity contribution in [2.45, 2.75) is 44.1 Å². The first-order chi connectivity index (χ1) is 14.3. The van der Waals surface area contributed by atoms with Crippen molar-refractivity contribution in [2.75, 3.05) is 13.1 Å². The van der Waals surface area contributed by atoms with Gasteiger partial charge in [0.1, 0.15) is 11.6 Å². The first-order valence-corrected chi connectivity index (χ1v) is 10.3. The molecule has 29 heavy (non-hydrogen) atoms. The Morgan fingerprint density at radius 1 is 1.00 bits per heavy atom. The van der Waals surface area contributed by atoms with Crippen molar-refractivity contribution in [1.29, 1.82) is 0 Å². The molecular formula is C22H24N6O. The van der Waals surface area contributed by atoms with Gasteiger partial charge in [-0.05, 0) is 43.4 Å². The first kappa shape index (κ1) is 18.0. The summed E-state index contributed by atoms with van der Waals surface area (Å²) in [7, 11) is 0. The van der Waals surface area contributed by atoms with Crippen LogP contribution in [0.2, 0.25) is 0 Å². The van der Waals surface area contributed by atoms with E-state index in [0.29, 0.717) is 18.0 Å². The van der Waals surface area contributed by atoms with Gasteiger partial charge in [0.15, 0.2) is 0 Å². The highest BCUT2D eigenvalue weighted by molar-refractivity contribution is 5.93. The Morgan fingerprint density at radius 3 is 2.55 bits per heavy atom. The minimum Gasteiger partial charge on any atom is -0.338 e. The van der Waals surface area contributed by atoms with E-state index in [0.717, 1.165) is 50.4 Å². The Morgan fingerprint density at radius 2 is 1.79 bits per heavy atom. The van der Waals surface area contributed by atoms with Crippen LogP contribution in [0.1, 0.15) is 65.1 Å². The fourth-order valence-corrected chi connectivity index (χ4v) is 4.05. The van der Waals surface area contributed by atoms with E-state index >= 15 is 0 Å². The quantitative estimate of drug-likeness (QED) is 0.671. The van der Waals surface area contributed by atoms with Crippen LogP contribution in [0.25, 0.3) is 0 Å². The highest BCUT2D eigenvalue weighted by atomic mass is 16.2. The minimum atomic E-state index is 0.0179. The van der Waals surface area contributed by atoms with Crippen LogP contribution in [0, 0.1) is 0 Å². The van der Waals surface area contributed by atoms with E-state index in [1.165, 1.54) is 5.56 Å². The Kier molecular flexibility index (Phi) is 4.79. The van der Waals surface area contributed by atoms with E-state index in [4.69, 9.17) is 0 Å². The third-order valence-electron chi connectivity index (χ3n) is 5.78. The molecule has 3 aromatic rings. The molecule has 5 rings (SSSR count). The maximum absolute atomic E-state index is 13.0. The van der Waals surface area contributed by atoms with Crippen LogP contribution < -0.4 is 0 Å². The van der Waals surface area contributed by atoms with Crippen molar-refractivity contribution in [2.24, 2.45) is 0 Å². The molecule has 0 N–H and O–H groups in total. The summed E-state index contributed by atoms with van der Waals surface area (Å²) < 4.78 is 2.18. The van der Waals surface area contributed by atoms with Crippen LogP contribution in [0.5, 0.6) is 0 Å². The number of piperidine rings is 1. The second-order valence-corrected chi connectivity index (χ2v) is 7.96. The predicted molar refractivity (Wildman–Crippen MR) is 107 cm³/mol. The predicted octanol–water partition coefficient (Wildman–Crippen LogP) is 3.01. The summed E-state index contributed by atoms with van der Waals surface area (Å²) in [6.45, 7) is 2.21. The summed E-state index contributed by atoms with van der Waals surface area (Å²) in [5.41, 5.74) is 1.77. The van der Waals surface area contributed by atoms with Gasteiger partial charge in [0.05, 0.1) is 5.56 Å².